The van der Waals surface area contributed by atoms with Crippen molar-refractivity contribution in [1.82, 2.24) is 15.1 Å². The van der Waals surface area contributed by atoms with E-state index in [2.05, 4.69) is 26.3 Å². The van der Waals surface area contributed by atoms with Gasteiger partial charge in [0.05, 0.1) is 18.8 Å². The summed E-state index contributed by atoms with van der Waals surface area (Å²) in [5.74, 6) is 0.501. The number of carbonyl (C=O) groups excluding carboxylic acids is 1. The van der Waals surface area contributed by atoms with Gasteiger partial charge < -0.3 is 15.0 Å². The van der Waals surface area contributed by atoms with E-state index in [1.165, 1.54) is 7.11 Å². The Hall–Kier alpha value is -2.36. The minimum absolute atomic E-state index is 0.0719. The van der Waals surface area contributed by atoms with Gasteiger partial charge in [0.2, 0.25) is 0 Å². The molecular weight excluding hydrogens is 270 g/mol. The number of likely N-dealkylation sites (tertiary alicyclic amines) is 1. The van der Waals surface area contributed by atoms with Crippen LogP contribution < -0.4 is 5.32 Å². The third-order valence-corrected chi connectivity index (χ3v) is 3.61. The maximum atomic E-state index is 11.3. The third kappa shape index (κ3) is 2.89. The Kier molecular flexibility index (Phi) is 4.58. The Morgan fingerprint density at radius 1 is 1.43 bits per heavy atom. The number of rotatable bonds is 4. The molecule has 7 heteroatoms. The van der Waals surface area contributed by atoms with E-state index in [1.807, 2.05) is 13.8 Å². The summed E-state index contributed by atoms with van der Waals surface area (Å²) < 4.78 is 4.64. The number of methoxy groups -OCH3 is 1. The molecule has 0 spiro atoms. The number of aromatic nitrogens is 2. The number of nitrogens with zero attached hydrogens (tertiary/aromatic N) is 4. The lowest BCUT2D eigenvalue weighted by Gasteiger charge is -2.38. The van der Waals surface area contributed by atoms with E-state index in [1.54, 1.807) is 4.90 Å². The molecule has 1 aromatic heterocycles. The average Bonchev–Trinajstić information content (AvgIpc) is 2.48. The topological polar surface area (TPSA) is 91.1 Å². The zero-order valence-corrected chi connectivity index (χ0v) is 12.5. The Bertz CT molecular complexity index is 575. The summed E-state index contributed by atoms with van der Waals surface area (Å²) in [5, 5.41) is 20.9. The van der Waals surface area contributed by atoms with Gasteiger partial charge in [0.25, 0.3) is 0 Å². The van der Waals surface area contributed by atoms with E-state index in [9.17, 15) is 10.1 Å². The van der Waals surface area contributed by atoms with E-state index >= 15 is 0 Å². The lowest BCUT2D eigenvalue weighted by molar-refractivity contribution is 0.0929. The van der Waals surface area contributed by atoms with Crippen molar-refractivity contribution in [2.45, 2.75) is 32.7 Å². The largest absolute Gasteiger partial charge is 0.453 e. The molecule has 21 heavy (non-hydrogen) atoms. The van der Waals surface area contributed by atoms with Crippen molar-refractivity contribution < 1.29 is 9.53 Å². The fourth-order valence-electron chi connectivity index (χ4n) is 2.44. The SMILES string of the molecule is CCc1nnc(NC2CN(C(=O)OC)C2)c(C#N)c1CC. The van der Waals surface area contributed by atoms with Crippen LogP contribution in [0.4, 0.5) is 10.6 Å². The van der Waals surface area contributed by atoms with Crippen LogP contribution in [0.2, 0.25) is 0 Å². The Balaban J connectivity index is 2.12. The molecule has 2 rings (SSSR count). The number of carbonyl (C=O) groups is 1. The van der Waals surface area contributed by atoms with Crippen molar-refractivity contribution in [3.63, 3.8) is 0 Å². The molecule has 1 fully saturated rings. The summed E-state index contributed by atoms with van der Waals surface area (Å²) in [5.41, 5.74) is 2.37. The molecular formula is C14H19N5O2. The minimum Gasteiger partial charge on any atom is -0.453 e. The van der Waals surface area contributed by atoms with Gasteiger partial charge in [0.1, 0.15) is 11.6 Å². The van der Waals surface area contributed by atoms with Gasteiger partial charge in [0.15, 0.2) is 5.82 Å². The smallest absolute Gasteiger partial charge is 0.409 e. The van der Waals surface area contributed by atoms with E-state index in [0.717, 1.165) is 24.1 Å². The fraction of sp³-hybridized carbons (Fsp3) is 0.571. The van der Waals surface area contributed by atoms with Crippen molar-refractivity contribution in [1.29, 1.82) is 5.26 Å². The lowest BCUT2D eigenvalue weighted by Crippen LogP contribution is -2.57. The first-order valence-electron chi connectivity index (χ1n) is 7.02. The molecule has 0 bridgehead atoms. The number of hydrogen-bond donors (Lipinski definition) is 1. The van der Waals surface area contributed by atoms with Crippen LogP contribution in [0, 0.1) is 11.3 Å². The lowest BCUT2D eigenvalue weighted by atomic mass is 10.0. The van der Waals surface area contributed by atoms with Crippen molar-refractivity contribution >= 4 is 11.9 Å². The monoisotopic (exact) mass is 289 g/mol. The molecule has 1 saturated heterocycles. The number of ether oxygens (including phenoxy) is 1. The summed E-state index contributed by atoms with van der Waals surface area (Å²) in [6.07, 6.45) is 1.16. The van der Waals surface area contributed by atoms with Gasteiger partial charge in [-0.25, -0.2) is 4.79 Å². The van der Waals surface area contributed by atoms with Gasteiger partial charge >= 0.3 is 6.09 Å². The van der Waals surface area contributed by atoms with Crippen LogP contribution >= 0.6 is 0 Å². The molecule has 112 valence electrons. The highest BCUT2D eigenvalue weighted by atomic mass is 16.5. The van der Waals surface area contributed by atoms with Crippen LogP contribution in [-0.4, -0.2) is 47.4 Å². The van der Waals surface area contributed by atoms with Gasteiger partial charge in [-0.3, -0.25) is 0 Å². The first kappa shape index (κ1) is 15.0. The summed E-state index contributed by atoms with van der Waals surface area (Å²) in [6, 6.07) is 2.29. The third-order valence-electron chi connectivity index (χ3n) is 3.61. The van der Waals surface area contributed by atoms with Crippen molar-refractivity contribution in [2.75, 3.05) is 25.5 Å². The molecule has 0 aromatic carbocycles. The van der Waals surface area contributed by atoms with Crippen LogP contribution in [0.25, 0.3) is 0 Å². The second-order valence-corrected chi connectivity index (χ2v) is 4.88. The standard InChI is InChI=1S/C14H19N5O2/c1-4-10-11(6-15)13(18-17-12(10)5-2)16-9-7-19(8-9)14(20)21-3/h9H,4-5,7-8H2,1-3H3,(H,16,18). The van der Waals surface area contributed by atoms with Crippen molar-refractivity contribution in [3.8, 4) is 6.07 Å². The molecule has 1 aromatic rings. The van der Waals surface area contributed by atoms with Crippen molar-refractivity contribution in [2.24, 2.45) is 0 Å². The van der Waals surface area contributed by atoms with Crippen molar-refractivity contribution in [3.05, 3.63) is 16.8 Å². The average molecular weight is 289 g/mol. The van der Waals surface area contributed by atoms with E-state index in [4.69, 9.17) is 0 Å². The first-order chi connectivity index (χ1) is 10.1. The summed E-state index contributed by atoms with van der Waals surface area (Å²) in [4.78, 5) is 12.9. The Labute approximate surface area is 123 Å². The first-order valence-corrected chi connectivity index (χ1v) is 7.02. The summed E-state index contributed by atoms with van der Waals surface area (Å²) in [6.45, 7) is 5.08. The minimum atomic E-state index is -0.338. The number of anilines is 1. The maximum absolute atomic E-state index is 11.3. The predicted octanol–water partition coefficient (Wildman–Crippen LogP) is 1.34. The van der Waals surface area contributed by atoms with Gasteiger partial charge in [-0.1, -0.05) is 13.8 Å². The highest BCUT2D eigenvalue weighted by Gasteiger charge is 2.32. The molecule has 1 N–H and O–H groups in total. The number of amides is 1. The normalized spacial score (nSPS) is 14.3. The van der Waals surface area contributed by atoms with Gasteiger partial charge in [-0.05, 0) is 18.4 Å². The number of nitriles is 1. The highest BCUT2D eigenvalue weighted by Crippen LogP contribution is 2.22. The van der Waals surface area contributed by atoms with Gasteiger partial charge in [0, 0.05) is 13.1 Å². The molecule has 0 aliphatic carbocycles. The van der Waals surface area contributed by atoms with Gasteiger partial charge in [-0.2, -0.15) is 10.4 Å². The second kappa shape index (κ2) is 6.39. The molecule has 0 unspecified atom stereocenters. The van der Waals surface area contributed by atoms with E-state index in [-0.39, 0.29) is 12.1 Å². The Morgan fingerprint density at radius 2 is 2.14 bits per heavy atom. The maximum Gasteiger partial charge on any atom is 0.409 e. The molecule has 0 saturated carbocycles. The Morgan fingerprint density at radius 3 is 2.67 bits per heavy atom. The van der Waals surface area contributed by atoms with E-state index < -0.39 is 0 Å². The summed E-state index contributed by atoms with van der Waals surface area (Å²) in [7, 11) is 1.36. The zero-order valence-electron chi connectivity index (χ0n) is 12.5. The molecule has 1 aliphatic heterocycles. The molecule has 1 aliphatic rings. The molecule has 7 nitrogen and oxygen atoms in total. The van der Waals surface area contributed by atoms with E-state index in [0.29, 0.717) is 24.5 Å². The molecule has 0 radical (unpaired) electrons. The molecule has 1 amide bonds. The van der Waals surface area contributed by atoms with Gasteiger partial charge in [-0.15, -0.1) is 5.10 Å². The second-order valence-electron chi connectivity index (χ2n) is 4.88. The van der Waals surface area contributed by atoms with Crippen LogP contribution in [0.5, 0.6) is 0 Å². The fourth-order valence-corrected chi connectivity index (χ4v) is 2.44. The quantitative estimate of drug-likeness (QED) is 0.899. The highest BCUT2D eigenvalue weighted by molar-refractivity contribution is 5.69. The number of nitrogens with one attached hydrogen (secondary N) is 1. The number of hydrogen-bond acceptors (Lipinski definition) is 6. The van der Waals surface area contributed by atoms with Crippen LogP contribution in [0.15, 0.2) is 0 Å². The molecule has 0 atom stereocenters. The predicted molar refractivity (Wildman–Crippen MR) is 76.9 cm³/mol. The number of aryl methyl sites for hydroxylation is 1. The van der Waals surface area contributed by atoms with Crippen LogP contribution in [0.1, 0.15) is 30.7 Å². The molecule has 2 heterocycles. The zero-order chi connectivity index (χ0) is 15.4. The van der Waals surface area contributed by atoms with Crippen LogP contribution in [-0.2, 0) is 17.6 Å². The van der Waals surface area contributed by atoms with Crippen LogP contribution in [0.3, 0.4) is 0 Å². The summed E-state index contributed by atoms with van der Waals surface area (Å²) >= 11 is 0.